The molecule has 0 radical (unpaired) electrons. The van der Waals surface area contributed by atoms with Crippen LogP contribution in [0.5, 0.6) is 0 Å². The summed E-state index contributed by atoms with van der Waals surface area (Å²) < 4.78 is 27.6. The summed E-state index contributed by atoms with van der Waals surface area (Å²) in [5, 5.41) is 0.872. The summed E-state index contributed by atoms with van der Waals surface area (Å²) in [6.45, 7) is 0. The van der Waals surface area contributed by atoms with E-state index in [-0.39, 0.29) is 4.88 Å². The monoisotopic (exact) mass is 388 g/mol. The Hall–Kier alpha value is 0.250. The van der Waals surface area contributed by atoms with Gasteiger partial charge in [-0.1, -0.05) is 12.1 Å². The van der Waals surface area contributed by atoms with Crippen molar-refractivity contribution in [2.75, 3.05) is 0 Å². The van der Waals surface area contributed by atoms with E-state index in [4.69, 9.17) is 0 Å². The maximum atomic E-state index is 12.6. The maximum absolute atomic E-state index is 12.6. The molecule has 0 bridgehead atoms. The van der Waals surface area contributed by atoms with Gasteiger partial charge in [-0.2, -0.15) is 0 Å². The second-order valence-electron chi connectivity index (χ2n) is 2.70. The van der Waals surface area contributed by atoms with Gasteiger partial charge in [0, 0.05) is 18.1 Å². The Bertz CT molecular complexity index is 481. The molecule has 0 nitrogen and oxygen atoms in total. The van der Waals surface area contributed by atoms with Crippen molar-refractivity contribution < 1.29 is 8.78 Å². The number of hydrogen-bond acceptors (Lipinski definition) is 1. The van der Waals surface area contributed by atoms with Gasteiger partial charge in [0.15, 0.2) is 0 Å². The SMILES string of the molecule is FC(F)c1sc2c(I)cccc2c1Br. The first-order valence-electron chi connectivity index (χ1n) is 3.76. The zero-order valence-corrected chi connectivity index (χ0v) is 11.3. The lowest BCUT2D eigenvalue weighted by molar-refractivity contribution is 0.155. The van der Waals surface area contributed by atoms with Crippen molar-refractivity contribution in [2.24, 2.45) is 0 Å². The highest BCUT2D eigenvalue weighted by molar-refractivity contribution is 14.1. The zero-order chi connectivity index (χ0) is 10.3. The van der Waals surface area contributed by atoms with Crippen LogP contribution in [0.25, 0.3) is 10.1 Å². The van der Waals surface area contributed by atoms with Crippen LogP contribution in [0.1, 0.15) is 11.3 Å². The summed E-state index contributed by atoms with van der Waals surface area (Å²) in [6.07, 6.45) is -2.41. The molecule has 74 valence electrons. The van der Waals surface area contributed by atoms with E-state index in [0.717, 1.165) is 25.0 Å². The summed E-state index contributed by atoms with van der Waals surface area (Å²) in [5.41, 5.74) is 0. The Morgan fingerprint density at radius 1 is 1.36 bits per heavy atom. The van der Waals surface area contributed by atoms with Gasteiger partial charge in [-0.3, -0.25) is 0 Å². The molecular formula is C9H4BrF2IS. The van der Waals surface area contributed by atoms with E-state index in [1.54, 1.807) is 0 Å². The van der Waals surface area contributed by atoms with Crippen LogP contribution in [-0.4, -0.2) is 0 Å². The number of hydrogen-bond donors (Lipinski definition) is 0. The number of thiophene rings is 1. The summed E-state index contributed by atoms with van der Waals surface area (Å²) in [6, 6.07) is 5.64. The Kier molecular flexibility index (Phi) is 3.09. The van der Waals surface area contributed by atoms with Crippen LogP contribution in [0.2, 0.25) is 0 Å². The van der Waals surface area contributed by atoms with Crippen LogP contribution in [0.4, 0.5) is 8.78 Å². The molecular weight excluding hydrogens is 385 g/mol. The van der Waals surface area contributed by atoms with Crippen molar-refractivity contribution in [3.63, 3.8) is 0 Å². The first-order chi connectivity index (χ1) is 6.61. The quantitative estimate of drug-likeness (QED) is 0.588. The number of halogens is 4. The second-order valence-corrected chi connectivity index (χ2v) is 5.70. The molecule has 0 aliphatic heterocycles. The van der Waals surface area contributed by atoms with Crippen LogP contribution in [-0.2, 0) is 0 Å². The first kappa shape index (κ1) is 10.8. The molecule has 0 N–H and O–H groups in total. The molecule has 0 saturated carbocycles. The molecule has 1 heterocycles. The van der Waals surface area contributed by atoms with Crippen molar-refractivity contribution in [2.45, 2.75) is 6.43 Å². The highest BCUT2D eigenvalue weighted by Gasteiger charge is 2.18. The van der Waals surface area contributed by atoms with E-state index in [9.17, 15) is 8.78 Å². The topological polar surface area (TPSA) is 0 Å². The molecule has 0 unspecified atom stereocenters. The smallest absolute Gasteiger partial charge is 0.204 e. The van der Waals surface area contributed by atoms with Crippen LogP contribution < -0.4 is 0 Å². The van der Waals surface area contributed by atoms with Crippen LogP contribution in [0, 0.1) is 3.57 Å². The standard InChI is InChI=1S/C9H4BrF2IS/c10-6-4-2-1-3-5(13)7(4)14-8(6)9(11)12/h1-3,9H. The predicted molar refractivity (Wildman–Crippen MR) is 67.2 cm³/mol. The molecule has 0 atom stereocenters. The zero-order valence-electron chi connectivity index (χ0n) is 6.73. The number of alkyl halides is 2. The van der Waals surface area contributed by atoms with Gasteiger partial charge in [0.05, 0.1) is 4.88 Å². The van der Waals surface area contributed by atoms with Crippen LogP contribution in [0.3, 0.4) is 0 Å². The summed E-state index contributed by atoms with van der Waals surface area (Å²) >= 11 is 6.52. The van der Waals surface area contributed by atoms with E-state index >= 15 is 0 Å². The summed E-state index contributed by atoms with van der Waals surface area (Å²) in [7, 11) is 0. The van der Waals surface area contributed by atoms with E-state index in [0.29, 0.717) is 4.47 Å². The molecule has 1 aromatic heterocycles. The highest BCUT2D eigenvalue weighted by Crippen LogP contribution is 2.42. The molecule has 0 aliphatic carbocycles. The Balaban J connectivity index is 2.80. The van der Waals surface area contributed by atoms with Crippen molar-refractivity contribution in [1.82, 2.24) is 0 Å². The lowest BCUT2D eigenvalue weighted by Crippen LogP contribution is -1.76. The minimum Gasteiger partial charge on any atom is -0.204 e. The molecule has 1 aromatic carbocycles. The molecule has 0 amide bonds. The fourth-order valence-corrected chi connectivity index (χ4v) is 3.87. The average molecular weight is 389 g/mol. The van der Waals surface area contributed by atoms with Crippen molar-refractivity contribution in [3.05, 3.63) is 31.1 Å². The first-order valence-corrected chi connectivity index (χ1v) is 6.44. The normalized spacial score (nSPS) is 11.5. The molecule has 0 spiro atoms. The maximum Gasteiger partial charge on any atom is 0.273 e. The summed E-state index contributed by atoms with van der Waals surface area (Å²) in [4.78, 5) is 0.115. The molecule has 2 rings (SSSR count). The fourth-order valence-electron chi connectivity index (χ4n) is 1.21. The number of rotatable bonds is 1. The Labute approximate surface area is 106 Å². The van der Waals surface area contributed by atoms with Crippen LogP contribution >= 0.6 is 49.9 Å². The molecule has 2 aromatic rings. The largest absolute Gasteiger partial charge is 0.273 e. The molecule has 0 aliphatic rings. The van der Waals surface area contributed by atoms with Crippen LogP contribution in [0.15, 0.2) is 22.7 Å². The lowest BCUT2D eigenvalue weighted by atomic mass is 10.2. The Morgan fingerprint density at radius 2 is 2.07 bits per heavy atom. The van der Waals surface area contributed by atoms with Crippen molar-refractivity contribution in [3.8, 4) is 0 Å². The van der Waals surface area contributed by atoms with E-state index in [1.165, 1.54) is 0 Å². The minimum absolute atomic E-state index is 0.115. The number of fused-ring (bicyclic) bond motifs is 1. The minimum atomic E-state index is -2.41. The Morgan fingerprint density at radius 3 is 2.64 bits per heavy atom. The predicted octanol–water partition coefficient (Wildman–Crippen LogP) is 5.21. The van der Waals surface area contributed by atoms with Gasteiger partial charge >= 0.3 is 0 Å². The average Bonchev–Trinajstić information content (AvgIpc) is 2.46. The third-order valence-corrected chi connectivity index (χ3v) is 5.46. The van der Waals surface area contributed by atoms with Gasteiger partial charge in [0.1, 0.15) is 0 Å². The van der Waals surface area contributed by atoms with Crippen molar-refractivity contribution in [1.29, 1.82) is 0 Å². The molecule has 5 heteroatoms. The highest BCUT2D eigenvalue weighted by atomic mass is 127. The van der Waals surface area contributed by atoms with E-state index in [1.807, 2.05) is 18.2 Å². The fraction of sp³-hybridized carbons (Fsp3) is 0.111. The molecule has 0 saturated heterocycles. The van der Waals surface area contributed by atoms with Gasteiger partial charge in [-0.15, -0.1) is 11.3 Å². The van der Waals surface area contributed by atoms with E-state index in [2.05, 4.69) is 38.5 Å². The third-order valence-electron chi connectivity index (χ3n) is 1.83. The lowest BCUT2D eigenvalue weighted by Gasteiger charge is -1.93. The van der Waals surface area contributed by atoms with Gasteiger partial charge in [0.25, 0.3) is 6.43 Å². The number of benzene rings is 1. The van der Waals surface area contributed by atoms with E-state index < -0.39 is 6.43 Å². The molecule has 14 heavy (non-hydrogen) atoms. The molecule has 0 fully saturated rings. The van der Waals surface area contributed by atoms with Gasteiger partial charge in [-0.05, 0) is 44.6 Å². The van der Waals surface area contributed by atoms with Gasteiger partial charge in [-0.25, -0.2) is 8.78 Å². The second kappa shape index (κ2) is 4.02. The summed E-state index contributed by atoms with van der Waals surface area (Å²) in [5.74, 6) is 0. The third kappa shape index (κ3) is 1.69. The van der Waals surface area contributed by atoms with Crippen molar-refractivity contribution >= 4 is 59.9 Å². The van der Waals surface area contributed by atoms with Gasteiger partial charge < -0.3 is 0 Å². The van der Waals surface area contributed by atoms with Gasteiger partial charge in [0.2, 0.25) is 0 Å².